The van der Waals surface area contributed by atoms with Gasteiger partial charge in [0.1, 0.15) is 0 Å². The number of rotatable bonds is 6. The predicted octanol–water partition coefficient (Wildman–Crippen LogP) is -0.147. The highest BCUT2D eigenvalue weighted by molar-refractivity contribution is 7.89. The molecule has 0 aliphatic heterocycles. The highest BCUT2D eigenvalue weighted by atomic mass is 32.2. The quantitative estimate of drug-likeness (QED) is 0.541. The first kappa shape index (κ1) is 15.3. The van der Waals surface area contributed by atoms with Crippen LogP contribution < -0.4 is 21.5 Å². The molecule has 0 spiro atoms. The largest absolute Gasteiger partial charge is 0.397 e. The van der Waals surface area contributed by atoms with Gasteiger partial charge in [0.15, 0.2) is 0 Å². The Morgan fingerprint density at radius 1 is 1.42 bits per heavy atom. The molecule has 1 rings (SSSR count). The molecule has 0 bridgehead atoms. The van der Waals surface area contributed by atoms with E-state index in [4.69, 9.17) is 11.5 Å². The number of nitrogens with two attached hydrogens (primary N) is 2. The zero-order valence-corrected chi connectivity index (χ0v) is 11.6. The summed E-state index contributed by atoms with van der Waals surface area (Å²) in [6.07, 6.45) is 0.163. The zero-order chi connectivity index (χ0) is 14.6. The van der Waals surface area contributed by atoms with Gasteiger partial charge in [-0.15, -0.1) is 0 Å². The van der Waals surface area contributed by atoms with Crippen molar-refractivity contribution in [1.82, 2.24) is 4.72 Å². The van der Waals surface area contributed by atoms with Crippen molar-refractivity contribution in [2.24, 2.45) is 5.73 Å². The monoisotopic (exact) mass is 286 g/mol. The molecule has 1 aromatic rings. The lowest BCUT2D eigenvalue weighted by Gasteiger charge is -2.16. The summed E-state index contributed by atoms with van der Waals surface area (Å²) in [4.78, 5) is 10.9. The van der Waals surface area contributed by atoms with Crippen molar-refractivity contribution < 1.29 is 13.2 Å². The summed E-state index contributed by atoms with van der Waals surface area (Å²) in [5.74, 6) is -0.423. The number of hydrogen-bond donors (Lipinski definition) is 4. The van der Waals surface area contributed by atoms with Gasteiger partial charge in [0.25, 0.3) is 0 Å². The smallest absolute Gasteiger partial charge is 0.240 e. The minimum absolute atomic E-state index is 0.0839. The molecule has 0 saturated carbocycles. The molecule has 19 heavy (non-hydrogen) atoms. The van der Waals surface area contributed by atoms with Crippen LogP contribution in [0.4, 0.5) is 11.4 Å². The van der Waals surface area contributed by atoms with Crippen molar-refractivity contribution in [2.45, 2.75) is 24.3 Å². The minimum Gasteiger partial charge on any atom is -0.397 e. The number of anilines is 2. The molecule has 106 valence electrons. The van der Waals surface area contributed by atoms with E-state index in [1.54, 1.807) is 13.0 Å². The Bertz CT molecular complexity index is 571. The summed E-state index contributed by atoms with van der Waals surface area (Å²) in [5.41, 5.74) is 11.7. The van der Waals surface area contributed by atoms with Gasteiger partial charge in [-0.25, -0.2) is 13.1 Å². The fraction of sp³-hybridized carbons (Fsp3) is 0.364. The maximum Gasteiger partial charge on any atom is 0.240 e. The number of benzene rings is 1. The summed E-state index contributed by atoms with van der Waals surface area (Å²) in [7, 11) is -2.19. The van der Waals surface area contributed by atoms with Gasteiger partial charge in [0, 0.05) is 12.5 Å². The van der Waals surface area contributed by atoms with Crippen LogP contribution in [0.5, 0.6) is 0 Å². The summed E-state index contributed by atoms with van der Waals surface area (Å²) in [6.45, 7) is 1.78. The average Bonchev–Trinajstić information content (AvgIpc) is 2.30. The second-order valence-electron chi connectivity index (χ2n) is 4.17. The minimum atomic E-state index is -3.52. The molecule has 0 aliphatic rings. The van der Waals surface area contributed by atoms with Crippen LogP contribution in [0.3, 0.4) is 0 Å². The van der Waals surface area contributed by atoms with Crippen molar-refractivity contribution in [3.63, 3.8) is 0 Å². The zero-order valence-electron chi connectivity index (χ0n) is 10.8. The Morgan fingerprint density at radius 3 is 2.53 bits per heavy atom. The van der Waals surface area contributed by atoms with Gasteiger partial charge in [-0.3, -0.25) is 4.79 Å². The van der Waals surface area contributed by atoms with E-state index in [-0.39, 0.29) is 23.0 Å². The number of primary amides is 1. The van der Waals surface area contributed by atoms with Crippen LogP contribution >= 0.6 is 0 Å². The number of amides is 1. The lowest BCUT2D eigenvalue weighted by Crippen LogP contribution is -2.24. The molecule has 0 saturated heterocycles. The highest BCUT2D eigenvalue weighted by Crippen LogP contribution is 2.23. The van der Waals surface area contributed by atoms with Crippen LogP contribution in [-0.4, -0.2) is 27.4 Å². The highest BCUT2D eigenvalue weighted by Gasteiger charge is 2.14. The van der Waals surface area contributed by atoms with E-state index in [0.29, 0.717) is 5.69 Å². The fourth-order valence-corrected chi connectivity index (χ4v) is 2.34. The molecule has 0 aliphatic carbocycles. The van der Waals surface area contributed by atoms with E-state index in [9.17, 15) is 13.2 Å². The molecule has 1 aromatic carbocycles. The second-order valence-corrected chi connectivity index (χ2v) is 6.06. The van der Waals surface area contributed by atoms with Gasteiger partial charge in [-0.2, -0.15) is 0 Å². The van der Waals surface area contributed by atoms with E-state index < -0.39 is 15.9 Å². The first-order chi connectivity index (χ1) is 8.76. The Labute approximate surface area is 112 Å². The molecular weight excluding hydrogens is 268 g/mol. The van der Waals surface area contributed by atoms with Crippen LogP contribution in [0, 0.1) is 0 Å². The van der Waals surface area contributed by atoms with E-state index in [2.05, 4.69) is 10.0 Å². The van der Waals surface area contributed by atoms with Crippen molar-refractivity contribution >= 4 is 27.3 Å². The fourth-order valence-electron chi connectivity index (χ4n) is 1.58. The summed E-state index contributed by atoms with van der Waals surface area (Å²) in [5, 5.41) is 3.00. The van der Waals surface area contributed by atoms with Crippen molar-refractivity contribution in [2.75, 3.05) is 18.1 Å². The number of hydrogen-bond acceptors (Lipinski definition) is 5. The molecule has 0 heterocycles. The first-order valence-corrected chi connectivity index (χ1v) is 7.12. The molecule has 1 atom stereocenters. The SMILES string of the molecule is CNS(=O)(=O)c1ccc(NC(C)CC(N)=O)c(N)c1. The van der Waals surface area contributed by atoms with E-state index >= 15 is 0 Å². The van der Waals surface area contributed by atoms with Crippen molar-refractivity contribution in [3.05, 3.63) is 18.2 Å². The van der Waals surface area contributed by atoms with Crippen LogP contribution in [0.1, 0.15) is 13.3 Å². The summed E-state index contributed by atoms with van der Waals surface area (Å²) < 4.78 is 25.4. The molecule has 0 fully saturated rings. The number of nitrogen functional groups attached to an aromatic ring is 1. The Balaban J connectivity index is 2.92. The molecule has 0 radical (unpaired) electrons. The molecule has 8 heteroatoms. The molecular formula is C11H18N4O3S. The maximum absolute atomic E-state index is 11.6. The Morgan fingerprint density at radius 2 is 2.05 bits per heavy atom. The molecule has 1 unspecified atom stereocenters. The molecule has 1 amide bonds. The molecule has 0 aromatic heterocycles. The topological polar surface area (TPSA) is 127 Å². The summed E-state index contributed by atoms with van der Waals surface area (Å²) >= 11 is 0. The van der Waals surface area contributed by atoms with Crippen LogP contribution in [-0.2, 0) is 14.8 Å². The van der Waals surface area contributed by atoms with Gasteiger partial charge < -0.3 is 16.8 Å². The van der Waals surface area contributed by atoms with E-state index in [1.807, 2.05) is 0 Å². The predicted molar refractivity (Wildman–Crippen MR) is 74.0 cm³/mol. The lowest BCUT2D eigenvalue weighted by atomic mass is 10.2. The van der Waals surface area contributed by atoms with Gasteiger partial charge in [0.05, 0.1) is 16.3 Å². The van der Waals surface area contributed by atoms with E-state index in [0.717, 1.165) is 0 Å². The van der Waals surface area contributed by atoms with Crippen LogP contribution in [0.25, 0.3) is 0 Å². The standard InChI is InChI=1S/C11H18N4O3S/c1-7(5-11(13)16)15-10-4-3-8(6-9(10)12)19(17,18)14-2/h3-4,6-7,14-15H,5,12H2,1-2H3,(H2,13,16). The summed E-state index contributed by atoms with van der Waals surface area (Å²) in [6, 6.07) is 4.15. The van der Waals surface area contributed by atoms with Crippen molar-refractivity contribution in [1.29, 1.82) is 0 Å². The molecule has 6 N–H and O–H groups in total. The van der Waals surface area contributed by atoms with Gasteiger partial charge in [-0.1, -0.05) is 0 Å². The molecule has 7 nitrogen and oxygen atoms in total. The number of nitrogens with one attached hydrogen (secondary N) is 2. The van der Waals surface area contributed by atoms with Gasteiger partial charge >= 0.3 is 0 Å². The second kappa shape index (κ2) is 5.89. The van der Waals surface area contributed by atoms with Gasteiger partial charge in [0.2, 0.25) is 15.9 Å². The van der Waals surface area contributed by atoms with E-state index in [1.165, 1.54) is 19.2 Å². The Hall–Kier alpha value is -1.80. The first-order valence-electron chi connectivity index (χ1n) is 5.64. The maximum atomic E-state index is 11.6. The van der Waals surface area contributed by atoms with Crippen LogP contribution in [0.2, 0.25) is 0 Å². The Kier molecular flexibility index (Phi) is 4.73. The average molecular weight is 286 g/mol. The number of carbonyl (C=O) groups excluding carboxylic acids is 1. The third-order valence-electron chi connectivity index (χ3n) is 2.51. The van der Waals surface area contributed by atoms with Crippen molar-refractivity contribution in [3.8, 4) is 0 Å². The normalized spacial score (nSPS) is 12.9. The van der Waals surface area contributed by atoms with Gasteiger partial charge in [-0.05, 0) is 32.2 Å². The number of carbonyl (C=O) groups is 1. The van der Waals surface area contributed by atoms with Crippen LogP contribution in [0.15, 0.2) is 23.1 Å². The lowest BCUT2D eigenvalue weighted by molar-refractivity contribution is -0.118. The third-order valence-corrected chi connectivity index (χ3v) is 3.92. The number of sulfonamides is 1. The third kappa shape index (κ3) is 4.11.